The Bertz CT molecular complexity index is 421. The van der Waals surface area contributed by atoms with Crippen molar-refractivity contribution < 1.29 is 0 Å². The molecule has 2 heteroatoms. The second kappa shape index (κ2) is 6.93. The minimum atomic E-state index is 0.214. The molecule has 118 valence electrons. The lowest BCUT2D eigenvalue weighted by molar-refractivity contribution is 0.186. The number of nitrogens with one attached hydrogen (secondary N) is 1. The summed E-state index contributed by atoms with van der Waals surface area (Å²) in [4.78, 5) is 2.67. The van der Waals surface area contributed by atoms with Crippen molar-refractivity contribution in [3.63, 3.8) is 0 Å². The van der Waals surface area contributed by atoms with E-state index in [1.54, 1.807) is 0 Å². The van der Waals surface area contributed by atoms with Gasteiger partial charge in [-0.25, -0.2) is 0 Å². The van der Waals surface area contributed by atoms with Crippen LogP contribution in [0.4, 0.5) is 0 Å². The highest BCUT2D eigenvalue weighted by Gasteiger charge is 2.29. The Morgan fingerprint density at radius 1 is 1.19 bits per heavy atom. The highest BCUT2D eigenvalue weighted by Crippen LogP contribution is 2.29. The van der Waals surface area contributed by atoms with Gasteiger partial charge in [-0.3, -0.25) is 4.90 Å². The number of benzene rings is 1. The van der Waals surface area contributed by atoms with Gasteiger partial charge in [0.25, 0.3) is 0 Å². The number of nitrogens with zero attached hydrogens (tertiary/aromatic N) is 1. The molecule has 0 saturated carbocycles. The highest BCUT2D eigenvalue weighted by molar-refractivity contribution is 5.21. The first-order valence-electron chi connectivity index (χ1n) is 8.41. The summed E-state index contributed by atoms with van der Waals surface area (Å²) in [7, 11) is 0. The van der Waals surface area contributed by atoms with E-state index in [0.717, 1.165) is 12.5 Å². The van der Waals surface area contributed by atoms with Gasteiger partial charge >= 0.3 is 0 Å². The molecule has 0 aromatic heterocycles. The van der Waals surface area contributed by atoms with Gasteiger partial charge < -0.3 is 5.32 Å². The molecule has 1 aliphatic heterocycles. The largest absolute Gasteiger partial charge is 0.312 e. The monoisotopic (exact) mass is 288 g/mol. The summed E-state index contributed by atoms with van der Waals surface area (Å²) in [5.74, 6) is 1.40. The number of rotatable bonds is 5. The molecule has 0 radical (unpaired) electrons. The summed E-state index contributed by atoms with van der Waals surface area (Å²) in [6.45, 7) is 15.0. The normalized spacial score (nSPS) is 23.2. The van der Waals surface area contributed by atoms with Crippen molar-refractivity contribution in [1.29, 1.82) is 0 Å². The van der Waals surface area contributed by atoms with Crippen LogP contribution in [0.25, 0.3) is 0 Å². The molecule has 1 N–H and O–H groups in total. The molecule has 1 heterocycles. The number of likely N-dealkylation sites (tertiary alicyclic amines) is 1. The maximum absolute atomic E-state index is 3.64. The summed E-state index contributed by atoms with van der Waals surface area (Å²) in [6, 6.07) is 11.6. The van der Waals surface area contributed by atoms with E-state index in [0.29, 0.717) is 12.0 Å². The van der Waals surface area contributed by atoms with E-state index >= 15 is 0 Å². The standard InChI is InChI=1S/C19H32N2/c1-15(13-20-19(3,4)5)16(2)21-12-11-18(14-21)17-9-7-6-8-10-17/h6-10,15-16,18,20H,11-14H2,1-5H3. The van der Waals surface area contributed by atoms with E-state index in [2.05, 4.69) is 75.2 Å². The zero-order valence-corrected chi connectivity index (χ0v) is 14.4. The van der Waals surface area contributed by atoms with Gasteiger partial charge in [0.2, 0.25) is 0 Å². The van der Waals surface area contributed by atoms with Crippen LogP contribution in [0.15, 0.2) is 30.3 Å². The van der Waals surface area contributed by atoms with Crippen molar-refractivity contribution >= 4 is 0 Å². The molecule has 1 aromatic carbocycles. The smallest absolute Gasteiger partial charge is 0.0105 e. The molecule has 21 heavy (non-hydrogen) atoms. The summed E-state index contributed by atoms with van der Waals surface area (Å²) in [6.07, 6.45) is 1.30. The van der Waals surface area contributed by atoms with Crippen LogP contribution in [-0.4, -0.2) is 36.1 Å². The first kappa shape index (κ1) is 16.5. The molecule has 0 amide bonds. The molecule has 1 aromatic rings. The fourth-order valence-corrected chi connectivity index (χ4v) is 3.15. The fraction of sp³-hybridized carbons (Fsp3) is 0.684. The van der Waals surface area contributed by atoms with Gasteiger partial charge in [0.05, 0.1) is 0 Å². The Kier molecular flexibility index (Phi) is 5.45. The third-order valence-corrected chi connectivity index (χ3v) is 4.84. The van der Waals surface area contributed by atoms with Crippen LogP contribution in [0.1, 0.15) is 52.5 Å². The van der Waals surface area contributed by atoms with Gasteiger partial charge in [-0.15, -0.1) is 0 Å². The molecule has 3 unspecified atom stereocenters. The molecule has 1 saturated heterocycles. The van der Waals surface area contributed by atoms with Crippen LogP contribution in [0, 0.1) is 5.92 Å². The van der Waals surface area contributed by atoms with Crippen molar-refractivity contribution in [1.82, 2.24) is 10.2 Å². The average molecular weight is 288 g/mol. The van der Waals surface area contributed by atoms with E-state index in [-0.39, 0.29) is 5.54 Å². The number of hydrogen-bond acceptors (Lipinski definition) is 2. The third-order valence-electron chi connectivity index (χ3n) is 4.84. The van der Waals surface area contributed by atoms with E-state index in [1.807, 2.05) is 0 Å². The third kappa shape index (κ3) is 4.82. The van der Waals surface area contributed by atoms with Crippen LogP contribution in [0.5, 0.6) is 0 Å². The van der Waals surface area contributed by atoms with Crippen LogP contribution < -0.4 is 5.32 Å². The summed E-state index contributed by atoms with van der Waals surface area (Å²) in [5, 5.41) is 3.64. The molecule has 0 aliphatic carbocycles. The molecule has 1 aliphatic rings. The average Bonchev–Trinajstić information content (AvgIpc) is 2.94. The lowest BCUT2D eigenvalue weighted by atomic mass is 9.98. The van der Waals surface area contributed by atoms with Crippen LogP contribution in [0.3, 0.4) is 0 Å². The molecule has 2 rings (SSSR count). The summed E-state index contributed by atoms with van der Waals surface area (Å²) < 4.78 is 0. The van der Waals surface area contributed by atoms with E-state index in [1.165, 1.54) is 25.1 Å². The fourth-order valence-electron chi connectivity index (χ4n) is 3.15. The van der Waals surface area contributed by atoms with Gasteiger partial charge in [0, 0.05) is 18.1 Å². The summed E-state index contributed by atoms with van der Waals surface area (Å²) in [5.41, 5.74) is 1.72. The molecular weight excluding hydrogens is 256 g/mol. The van der Waals surface area contributed by atoms with Crippen molar-refractivity contribution in [2.75, 3.05) is 19.6 Å². The van der Waals surface area contributed by atoms with Crippen molar-refractivity contribution in [3.05, 3.63) is 35.9 Å². The quantitative estimate of drug-likeness (QED) is 0.884. The Balaban J connectivity index is 1.86. The zero-order valence-electron chi connectivity index (χ0n) is 14.4. The van der Waals surface area contributed by atoms with E-state index in [4.69, 9.17) is 0 Å². The van der Waals surface area contributed by atoms with Crippen LogP contribution >= 0.6 is 0 Å². The molecular formula is C19H32N2. The first-order valence-corrected chi connectivity index (χ1v) is 8.41. The van der Waals surface area contributed by atoms with Crippen molar-refractivity contribution in [2.45, 2.75) is 58.5 Å². The maximum Gasteiger partial charge on any atom is 0.0105 e. The lowest BCUT2D eigenvalue weighted by Gasteiger charge is -2.32. The van der Waals surface area contributed by atoms with Gasteiger partial charge in [-0.1, -0.05) is 37.3 Å². The van der Waals surface area contributed by atoms with Crippen LogP contribution in [0.2, 0.25) is 0 Å². The molecule has 0 spiro atoms. The predicted molar refractivity (Wildman–Crippen MR) is 91.8 cm³/mol. The zero-order chi connectivity index (χ0) is 15.5. The number of hydrogen-bond donors (Lipinski definition) is 1. The van der Waals surface area contributed by atoms with Crippen molar-refractivity contribution in [2.24, 2.45) is 5.92 Å². The second-order valence-electron chi connectivity index (χ2n) is 7.74. The van der Waals surface area contributed by atoms with Gasteiger partial charge in [-0.05, 0) is 64.6 Å². The molecule has 1 fully saturated rings. The lowest BCUT2D eigenvalue weighted by Crippen LogP contribution is -2.44. The highest BCUT2D eigenvalue weighted by atomic mass is 15.2. The Morgan fingerprint density at radius 2 is 1.86 bits per heavy atom. The van der Waals surface area contributed by atoms with Gasteiger partial charge in [0.15, 0.2) is 0 Å². The van der Waals surface area contributed by atoms with Gasteiger partial charge in [-0.2, -0.15) is 0 Å². The molecule has 3 atom stereocenters. The molecule has 2 nitrogen and oxygen atoms in total. The van der Waals surface area contributed by atoms with Crippen LogP contribution in [-0.2, 0) is 0 Å². The van der Waals surface area contributed by atoms with Crippen molar-refractivity contribution in [3.8, 4) is 0 Å². The van der Waals surface area contributed by atoms with E-state index < -0.39 is 0 Å². The van der Waals surface area contributed by atoms with E-state index in [9.17, 15) is 0 Å². The predicted octanol–water partition coefficient (Wildman–Crippen LogP) is 3.89. The first-order chi connectivity index (χ1) is 9.87. The molecule has 0 bridgehead atoms. The second-order valence-corrected chi connectivity index (χ2v) is 7.74. The maximum atomic E-state index is 3.64. The SMILES string of the molecule is CC(CNC(C)(C)C)C(C)N1CCC(c2ccccc2)C1. The summed E-state index contributed by atoms with van der Waals surface area (Å²) >= 11 is 0. The Morgan fingerprint density at radius 3 is 2.48 bits per heavy atom. The Hall–Kier alpha value is -0.860. The Labute approximate surface area is 130 Å². The minimum absolute atomic E-state index is 0.214. The topological polar surface area (TPSA) is 15.3 Å². The minimum Gasteiger partial charge on any atom is -0.312 e. The van der Waals surface area contributed by atoms with Gasteiger partial charge in [0.1, 0.15) is 0 Å².